The van der Waals surface area contributed by atoms with E-state index in [0.717, 1.165) is 29.1 Å². The summed E-state index contributed by atoms with van der Waals surface area (Å²) in [6.07, 6.45) is 0.959. The molecule has 2 aromatic heterocycles. The van der Waals surface area contributed by atoms with Crippen LogP contribution in [0.5, 0.6) is 0 Å². The molecule has 4 aromatic rings. The van der Waals surface area contributed by atoms with Crippen LogP contribution in [-0.2, 0) is 17.0 Å². The minimum atomic E-state index is -0.0682. The van der Waals surface area contributed by atoms with E-state index in [2.05, 4.69) is 22.4 Å². The SMILES string of the molecule is CCc1ccc(N(C(C)=O)c2nc(CSc3nnnn3-c3ccccc3C)cs2)cc1. The molecule has 31 heavy (non-hydrogen) atoms. The molecular formula is C22H22N6OS2. The number of hydrogen-bond donors (Lipinski definition) is 0. The highest BCUT2D eigenvalue weighted by Gasteiger charge is 2.19. The molecular weight excluding hydrogens is 428 g/mol. The minimum absolute atomic E-state index is 0.0682. The first-order valence-electron chi connectivity index (χ1n) is 9.88. The molecule has 4 rings (SSSR count). The minimum Gasteiger partial charge on any atom is -0.274 e. The molecule has 0 aliphatic rings. The largest absolute Gasteiger partial charge is 0.274 e. The zero-order chi connectivity index (χ0) is 21.8. The van der Waals surface area contributed by atoms with Gasteiger partial charge >= 0.3 is 0 Å². The van der Waals surface area contributed by atoms with E-state index in [0.29, 0.717) is 16.0 Å². The van der Waals surface area contributed by atoms with Crippen molar-refractivity contribution in [3.63, 3.8) is 0 Å². The van der Waals surface area contributed by atoms with Crippen LogP contribution in [0.3, 0.4) is 0 Å². The van der Waals surface area contributed by atoms with Gasteiger partial charge in [0.2, 0.25) is 11.1 Å². The van der Waals surface area contributed by atoms with Crippen LogP contribution in [0.2, 0.25) is 0 Å². The zero-order valence-electron chi connectivity index (χ0n) is 17.5. The Labute approximate surface area is 189 Å². The van der Waals surface area contributed by atoms with Crippen molar-refractivity contribution in [1.29, 1.82) is 0 Å². The van der Waals surface area contributed by atoms with Gasteiger partial charge in [-0.05, 0) is 53.1 Å². The maximum absolute atomic E-state index is 12.3. The zero-order valence-corrected chi connectivity index (χ0v) is 19.2. The van der Waals surface area contributed by atoms with Gasteiger partial charge in [0.1, 0.15) is 0 Å². The van der Waals surface area contributed by atoms with E-state index in [1.807, 2.05) is 60.8 Å². The predicted molar refractivity (Wildman–Crippen MR) is 124 cm³/mol. The van der Waals surface area contributed by atoms with E-state index in [-0.39, 0.29) is 5.91 Å². The fourth-order valence-corrected chi connectivity index (χ4v) is 4.90. The van der Waals surface area contributed by atoms with Gasteiger partial charge in [0.25, 0.3) is 0 Å². The predicted octanol–water partition coefficient (Wildman–Crippen LogP) is 4.97. The second kappa shape index (κ2) is 9.40. The van der Waals surface area contributed by atoms with Crippen molar-refractivity contribution in [2.24, 2.45) is 0 Å². The topological polar surface area (TPSA) is 76.8 Å². The molecule has 0 saturated carbocycles. The second-order valence-electron chi connectivity index (χ2n) is 6.94. The highest BCUT2D eigenvalue weighted by Crippen LogP contribution is 2.31. The number of aromatic nitrogens is 5. The number of rotatable bonds is 7. The van der Waals surface area contributed by atoms with Crippen LogP contribution < -0.4 is 4.90 Å². The number of para-hydroxylation sites is 1. The Morgan fingerprint density at radius 1 is 1.16 bits per heavy atom. The van der Waals surface area contributed by atoms with Crippen molar-refractivity contribution in [3.8, 4) is 5.69 Å². The third-order valence-electron chi connectivity index (χ3n) is 4.78. The number of carbonyl (C=O) groups excluding carboxylic acids is 1. The summed E-state index contributed by atoms with van der Waals surface area (Å²) in [7, 11) is 0. The summed E-state index contributed by atoms with van der Waals surface area (Å²) in [5.41, 5.74) is 4.98. The Hall–Kier alpha value is -3.04. The highest BCUT2D eigenvalue weighted by atomic mass is 32.2. The molecule has 0 fully saturated rings. The molecule has 9 heteroatoms. The Bertz CT molecular complexity index is 1180. The smallest absolute Gasteiger partial charge is 0.230 e. The van der Waals surface area contributed by atoms with Crippen LogP contribution in [0.4, 0.5) is 10.8 Å². The van der Waals surface area contributed by atoms with Crippen LogP contribution in [0.15, 0.2) is 59.1 Å². The van der Waals surface area contributed by atoms with Gasteiger partial charge in [0, 0.05) is 18.1 Å². The molecule has 2 aromatic carbocycles. The van der Waals surface area contributed by atoms with Crippen molar-refractivity contribution < 1.29 is 4.79 Å². The fourth-order valence-electron chi connectivity index (χ4n) is 3.13. The van der Waals surface area contributed by atoms with Crippen molar-refractivity contribution >= 4 is 39.8 Å². The quantitative estimate of drug-likeness (QED) is 0.370. The molecule has 2 heterocycles. The lowest BCUT2D eigenvalue weighted by Gasteiger charge is -2.18. The monoisotopic (exact) mass is 450 g/mol. The lowest BCUT2D eigenvalue weighted by atomic mass is 10.1. The molecule has 0 spiro atoms. The van der Waals surface area contributed by atoms with Crippen molar-refractivity contribution in [3.05, 3.63) is 70.7 Å². The molecule has 1 amide bonds. The molecule has 7 nitrogen and oxygen atoms in total. The van der Waals surface area contributed by atoms with Gasteiger partial charge in [-0.3, -0.25) is 9.69 Å². The van der Waals surface area contributed by atoms with Gasteiger partial charge in [-0.1, -0.05) is 49.0 Å². The molecule has 0 saturated heterocycles. The average Bonchev–Trinajstić information content (AvgIpc) is 3.42. The second-order valence-corrected chi connectivity index (χ2v) is 8.72. The Balaban J connectivity index is 1.51. The molecule has 0 aliphatic heterocycles. The Kier molecular flexibility index (Phi) is 6.43. The third kappa shape index (κ3) is 4.67. The van der Waals surface area contributed by atoms with Gasteiger partial charge in [0.05, 0.1) is 17.1 Å². The first kappa shape index (κ1) is 21.2. The summed E-state index contributed by atoms with van der Waals surface area (Å²) in [5, 5.41) is 15.5. The lowest BCUT2D eigenvalue weighted by Crippen LogP contribution is -2.22. The Morgan fingerprint density at radius 2 is 1.94 bits per heavy atom. The van der Waals surface area contributed by atoms with Gasteiger partial charge < -0.3 is 0 Å². The average molecular weight is 451 g/mol. The maximum atomic E-state index is 12.3. The van der Waals surface area contributed by atoms with E-state index in [4.69, 9.17) is 4.98 Å². The van der Waals surface area contributed by atoms with E-state index in [9.17, 15) is 4.79 Å². The number of carbonyl (C=O) groups is 1. The van der Waals surface area contributed by atoms with Gasteiger partial charge in [-0.25, -0.2) is 4.98 Å². The summed E-state index contributed by atoms with van der Waals surface area (Å²) >= 11 is 2.97. The fraction of sp³-hybridized carbons (Fsp3) is 0.227. The molecule has 0 unspecified atom stereocenters. The summed E-state index contributed by atoms with van der Waals surface area (Å²) in [5.74, 6) is 0.532. The van der Waals surface area contributed by atoms with Gasteiger partial charge in [0.15, 0.2) is 5.13 Å². The number of thiazole rings is 1. The van der Waals surface area contributed by atoms with E-state index < -0.39 is 0 Å². The number of hydrogen-bond acceptors (Lipinski definition) is 7. The first-order chi connectivity index (χ1) is 15.1. The van der Waals surface area contributed by atoms with Crippen LogP contribution >= 0.6 is 23.1 Å². The normalized spacial score (nSPS) is 10.9. The van der Waals surface area contributed by atoms with E-state index >= 15 is 0 Å². The van der Waals surface area contributed by atoms with E-state index in [1.165, 1.54) is 28.7 Å². The lowest BCUT2D eigenvalue weighted by molar-refractivity contribution is -0.115. The summed E-state index contributed by atoms with van der Waals surface area (Å²) < 4.78 is 1.74. The molecule has 158 valence electrons. The maximum Gasteiger partial charge on any atom is 0.230 e. The van der Waals surface area contributed by atoms with Crippen molar-refractivity contribution in [1.82, 2.24) is 25.2 Å². The van der Waals surface area contributed by atoms with Crippen molar-refractivity contribution in [2.45, 2.75) is 38.1 Å². The number of amides is 1. The first-order valence-corrected chi connectivity index (χ1v) is 11.7. The molecule has 0 atom stereocenters. The number of nitrogens with zero attached hydrogens (tertiary/aromatic N) is 6. The highest BCUT2D eigenvalue weighted by molar-refractivity contribution is 7.98. The van der Waals surface area contributed by atoms with Crippen LogP contribution in [-0.4, -0.2) is 31.1 Å². The van der Waals surface area contributed by atoms with Crippen LogP contribution in [0, 0.1) is 6.92 Å². The van der Waals surface area contributed by atoms with Gasteiger partial charge in [-0.2, -0.15) is 4.68 Å². The third-order valence-corrected chi connectivity index (χ3v) is 6.61. The van der Waals surface area contributed by atoms with E-state index in [1.54, 1.807) is 16.5 Å². The van der Waals surface area contributed by atoms with Crippen molar-refractivity contribution in [2.75, 3.05) is 4.90 Å². The molecule has 0 aliphatic carbocycles. The van der Waals surface area contributed by atoms with Crippen LogP contribution in [0.25, 0.3) is 5.69 Å². The van der Waals surface area contributed by atoms with Crippen LogP contribution in [0.1, 0.15) is 30.7 Å². The number of thioether (sulfide) groups is 1. The standard InChI is InChI=1S/C22H22N6OS2/c1-4-17-9-11-19(12-10-17)27(16(3)29)21-23-18(13-30-21)14-31-22-24-25-26-28(22)20-8-6-5-7-15(20)2/h5-13H,4,14H2,1-3H3. The summed E-state index contributed by atoms with van der Waals surface area (Å²) in [6.45, 7) is 5.69. The Morgan fingerprint density at radius 3 is 2.65 bits per heavy atom. The number of anilines is 2. The summed E-state index contributed by atoms with van der Waals surface area (Å²) in [4.78, 5) is 18.7. The summed E-state index contributed by atoms with van der Waals surface area (Å²) in [6, 6.07) is 16.0. The van der Waals surface area contributed by atoms with Gasteiger partial charge in [-0.15, -0.1) is 16.4 Å². The molecule has 0 radical (unpaired) electrons. The number of benzene rings is 2. The number of aryl methyl sites for hydroxylation is 2. The molecule has 0 N–H and O–H groups in total. The molecule has 0 bridgehead atoms. The number of tetrazole rings is 1.